The van der Waals surface area contributed by atoms with E-state index >= 15 is 0 Å². The number of carbonyl (C=O) groups excluding carboxylic acids is 2. The van der Waals surface area contributed by atoms with Gasteiger partial charge in [0.15, 0.2) is 10.8 Å². The summed E-state index contributed by atoms with van der Waals surface area (Å²) >= 11 is 0.916. The first-order valence-electron chi connectivity index (χ1n) is 8.76. The molecule has 0 saturated heterocycles. The molecule has 0 fully saturated rings. The van der Waals surface area contributed by atoms with Crippen molar-refractivity contribution in [2.45, 2.75) is 27.7 Å². The number of esters is 1. The van der Waals surface area contributed by atoms with Gasteiger partial charge in [0.25, 0.3) is 5.91 Å². The first-order valence-corrected chi connectivity index (χ1v) is 9.57. The maximum atomic E-state index is 12.5. The van der Waals surface area contributed by atoms with Crippen molar-refractivity contribution in [2.75, 3.05) is 11.9 Å². The van der Waals surface area contributed by atoms with E-state index in [9.17, 15) is 24.6 Å². The van der Waals surface area contributed by atoms with E-state index in [4.69, 9.17) is 4.74 Å². The molecule has 0 radical (unpaired) electrons. The van der Waals surface area contributed by atoms with Gasteiger partial charge in [-0.25, -0.2) is 14.6 Å². The van der Waals surface area contributed by atoms with Crippen LogP contribution in [0, 0.1) is 13.8 Å². The van der Waals surface area contributed by atoms with E-state index in [1.807, 2.05) is 0 Å². The van der Waals surface area contributed by atoms with Gasteiger partial charge in [-0.15, -0.1) is 10.2 Å². The third kappa shape index (κ3) is 5.26. The van der Waals surface area contributed by atoms with Crippen molar-refractivity contribution < 1.29 is 29.3 Å². The SMILES string of the molecule is CCOC(=O)c1sc(NC(=O)/C(N=Nc2c(C)cccc2C(=O)O)=C(/C)O)nc1C. The van der Waals surface area contributed by atoms with Crippen molar-refractivity contribution in [3.05, 3.63) is 51.4 Å². The Balaban J connectivity index is 2.29. The Hall–Kier alpha value is -3.60. The maximum absolute atomic E-state index is 12.5. The number of nitrogens with one attached hydrogen (secondary N) is 1. The third-order valence-corrected chi connectivity index (χ3v) is 4.81. The number of benzene rings is 1. The fraction of sp³-hybridized carbons (Fsp3) is 0.263. The molecule has 0 unspecified atom stereocenters. The number of azo groups is 1. The number of carboxylic acid groups (broad SMARTS) is 1. The molecule has 0 bridgehead atoms. The minimum Gasteiger partial charge on any atom is -0.510 e. The van der Waals surface area contributed by atoms with Crippen LogP contribution in [0.3, 0.4) is 0 Å². The fourth-order valence-electron chi connectivity index (χ4n) is 2.34. The van der Waals surface area contributed by atoms with Crippen LogP contribution in [-0.4, -0.2) is 39.6 Å². The number of allylic oxidation sites excluding steroid dienone is 1. The summed E-state index contributed by atoms with van der Waals surface area (Å²) in [6, 6.07) is 4.56. The second-order valence-electron chi connectivity index (χ2n) is 6.02. The minimum absolute atomic E-state index is 0.0613. The molecule has 1 aromatic heterocycles. The number of carbonyl (C=O) groups is 3. The highest BCUT2D eigenvalue weighted by molar-refractivity contribution is 7.17. The number of anilines is 1. The lowest BCUT2D eigenvalue weighted by atomic mass is 10.1. The number of aromatic nitrogens is 1. The van der Waals surface area contributed by atoms with Crippen LogP contribution in [0.5, 0.6) is 0 Å². The van der Waals surface area contributed by atoms with E-state index in [1.54, 1.807) is 32.9 Å². The van der Waals surface area contributed by atoms with Crippen LogP contribution >= 0.6 is 11.3 Å². The van der Waals surface area contributed by atoms with Gasteiger partial charge in [-0.05, 0) is 39.3 Å². The van der Waals surface area contributed by atoms with E-state index in [-0.39, 0.29) is 27.9 Å². The van der Waals surface area contributed by atoms with Gasteiger partial charge in [0.2, 0.25) is 0 Å². The summed E-state index contributed by atoms with van der Waals surface area (Å²) in [5, 5.41) is 29.3. The number of aliphatic hydroxyl groups is 1. The Labute approximate surface area is 175 Å². The second-order valence-corrected chi connectivity index (χ2v) is 7.02. The summed E-state index contributed by atoms with van der Waals surface area (Å²) in [7, 11) is 0. The van der Waals surface area contributed by atoms with E-state index in [2.05, 4.69) is 20.5 Å². The summed E-state index contributed by atoms with van der Waals surface area (Å²) in [5.74, 6) is -3.01. The monoisotopic (exact) mass is 432 g/mol. The number of aromatic carboxylic acids is 1. The van der Waals surface area contributed by atoms with Crippen molar-refractivity contribution in [3.8, 4) is 0 Å². The number of nitrogens with zero attached hydrogens (tertiary/aromatic N) is 3. The van der Waals surface area contributed by atoms with Crippen LogP contribution < -0.4 is 5.32 Å². The van der Waals surface area contributed by atoms with E-state index in [0.29, 0.717) is 11.3 Å². The Bertz CT molecular complexity index is 1050. The van der Waals surface area contributed by atoms with Gasteiger partial charge in [0, 0.05) is 0 Å². The molecule has 1 aromatic carbocycles. The van der Waals surface area contributed by atoms with Crippen LogP contribution in [-0.2, 0) is 9.53 Å². The predicted molar refractivity (Wildman–Crippen MR) is 109 cm³/mol. The molecule has 11 heteroatoms. The molecule has 0 atom stereocenters. The Kier molecular flexibility index (Phi) is 7.37. The van der Waals surface area contributed by atoms with Crippen LogP contribution in [0.15, 0.2) is 39.9 Å². The number of hydrogen-bond donors (Lipinski definition) is 3. The summed E-state index contributed by atoms with van der Waals surface area (Å²) in [6.45, 7) is 6.35. The Morgan fingerprint density at radius 1 is 1.23 bits per heavy atom. The van der Waals surface area contributed by atoms with E-state index < -0.39 is 29.3 Å². The van der Waals surface area contributed by atoms with Crippen LogP contribution in [0.25, 0.3) is 0 Å². The summed E-state index contributed by atoms with van der Waals surface area (Å²) in [4.78, 5) is 40.2. The summed E-state index contributed by atoms with van der Waals surface area (Å²) in [6.07, 6.45) is 0. The van der Waals surface area contributed by atoms with Crippen LogP contribution in [0.4, 0.5) is 10.8 Å². The first kappa shape index (κ1) is 22.7. The van der Waals surface area contributed by atoms with Gasteiger partial charge < -0.3 is 14.9 Å². The molecule has 2 aromatic rings. The zero-order valence-corrected chi connectivity index (χ0v) is 17.5. The molecule has 2 rings (SSSR count). The fourth-order valence-corrected chi connectivity index (χ4v) is 3.19. The van der Waals surface area contributed by atoms with Gasteiger partial charge in [0.05, 0.1) is 17.9 Å². The van der Waals surface area contributed by atoms with Gasteiger partial charge in [0.1, 0.15) is 16.3 Å². The molecule has 1 heterocycles. The van der Waals surface area contributed by atoms with E-state index in [0.717, 1.165) is 11.3 Å². The number of aryl methyl sites for hydroxylation is 2. The molecule has 10 nitrogen and oxygen atoms in total. The van der Waals surface area contributed by atoms with E-state index in [1.165, 1.54) is 13.0 Å². The number of carboxylic acids is 1. The molecule has 1 amide bonds. The van der Waals surface area contributed by atoms with Gasteiger partial charge in [-0.1, -0.05) is 23.5 Å². The highest BCUT2D eigenvalue weighted by Crippen LogP contribution is 2.27. The minimum atomic E-state index is -1.20. The molecular formula is C19H20N4O6S. The zero-order valence-electron chi connectivity index (χ0n) is 16.7. The third-order valence-electron chi connectivity index (χ3n) is 3.75. The van der Waals surface area contributed by atoms with Crippen molar-refractivity contribution in [2.24, 2.45) is 10.2 Å². The lowest BCUT2D eigenvalue weighted by Gasteiger charge is -2.05. The average Bonchev–Trinajstić information content (AvgIpc) is 3.02. The van der Waals surface area contributed by atoms with Crippen LogP contribution in [0.1, 0.15) is 45.1 Å². The lowest BCUT2D eigenvalue weighted by molar-refractivity contribution is -0.113. The van der Waals surface area contributed by atoms with Crippen molar-refractivity contribution >= 4 is 40.0 Å². The topological polar surface area (TPSA) is 151 Å². The normalized spacial score (nSPS) is 11.9. The number of hydrogen-bond acceptors (Lipinski definition) is 9. The number of thiazole rings is 1. The van der Waals surface area contributed by atoms with Gasteiger partial charge in [-0.2, -0.15) is 0 Å². The van der Waals surface area contributed by atoms with Crippen molar-refractivity contribution in [1.82, 2.24) is 4.98 Å². The zero-order chi connectivity index (χ0) is 22.4. The smallest absolute Gasteiger partial charge is 0.350 e. The molecule has 30 heavy (non-hydrogen) atoms. The number of amides is 1. The molecular weight excluding hydrogens is 412 g/mol. The lowest BCUT2D eigenvalue weighted by Crippen LogP contribution is -2.14. The quantitative estimate of drug-likeness (QED) is 0.257. The highest BCUT2D eigenvalue weighted by Gasteiger charge is 2.20. The van der Waals surface area contributed by atoms with Crippen molar-refractivity contribution in [1.29, 1.82) is 0 Å². The number of ether oxygens (including phenoxy) is 1. The average molecular weight is 432 g/mol. The molecule has 0 saturated carbocycles. The number of aliphatic hydroxyl groups excluding tert-OH is 1. The van der Waals surface area contributed by atoms with Crippen molar-refractivity contribution in [3.63, 3.8) is 0 Å². The Morgan fingerprint density at radius 2 is 1.93 bits per heavy atom. The van der Waals surface area contributed by atoms with Crippen LogP contribution in [0.2, 0.25) is 0 Å². The highest BCUT2D eigenvalue weighted by atomic mass is 32.1. The molecule has 0 spiro atoms. The molecule has 0 aliphatic heterocycles. The maximum Gasteiger partial charge on any atom is 0.350 e. The molecule has 158 valence electrons. The van der Waals surface area contributed by atoms with Gasteiger partial charge in [-0.3, -0.25) is 10.1 Å². The molecule has 0 aliphatic rings. The molecule has 0 aliphatic carbocycles. The predicted octanol–water partition coefficient (Wildman–Crippen LogP) is 4.15. The number of rotatable bonds is 7. The Morgan fingerprint density at radius 3 is 2.53 bits per heavy atom. The summed E-state index contributed by atoms with van der Waals surface area (Å²) < 4.78 is 4.93. The standard InChI is InChI=1S/C19H20N4O6S/c1-5-29-18(28)15-10(3)20-19(30-15)21-16(25)14(11(4)24)23-22-13-9(2)7-6-8-12(13)17(26)27/h6-8,24H,5H2,1-4H3,(H,26,27)(H,20,21,25)/b14-11+,23-22?. The second kappa shape index (κ2) is 9.74. The first-order chi connectivity index (χ1) is 14.1. The summed E-state index contributed by atoms with van der Waals surface area (Å²) in [5.41, 5.74) is 0.450. The van der Waals surface area contributed by atoms with Gasteiger partial charge >= 0.3 is 11.9 Å². The molecule has 3 N–H and O–H groups in total. The largest absolute Gasteiger partial charge is 0.510 e.